The third-order valence-corrected chi connectivity index (χ3v) is 3.38. The van der Waals surface area contributed by atoms with Crippen molar-refractivity contribution in [3.63, 3.8) is 0 Å². The first kappa shape index (κ1) is 15.4. The van der Waals surface area contributed by atoms with Crippen molar-refractivity contribution in [3.8, 4) is 0 Å². The van der Waals surface area contributed by atoms with Crippen molar-refractivity contribution in [3.05, 3.63) is 63.6 Å². The van der Waals surface area contributed by atoms with Crippen molar-refractivity contribution in [2.75, 3.05) is 5.32 Å². The summed E-state index contributed by atoms with van der Waals surface area (Å²) in [6.45, 7) is 1.37. The van der Waals surface area contributed by atoms with Gasteiger partial charge in [0.2, 0.25) is 5.91 Å². The molecule has 0 fully saturated rings. The molecule has 2 rings (SSSR count). The maximum Gasteiger partial charge on any atom is 0.221 e. The van der Waals surface area contributed by atoms with Crippen LogP contribution in [0, 0.1) is 0 Å². The van der Waals surface area contributed by atoms with Gasteiger partial charge in [-0.05, 0) is 12.1 Å². The molecule has 6 heteroatoms. The zero-order valence-corrected chi connectivity index (χ0v) is 12.6. The quantitative estimate of drug-likeness (QED) is 0.506. The number of amides is 1. The number of rotatable bonds is 3. The molecule has 2 N–H and O–H groups in total. The van der Waals surface area contributed by atoms with Crippen LogP contribution in [0.1, 0.15) is 18.1 Å². The van der Waals surface area contributed by atoms with E-state index in [4.69, 9.17) is 23.2 Å². The van der Waals surface area contributed by atoms with E-state index in [9.17, 15) is 10.0 Å². The van der Waals surface area contributed by atoms with E-state index < -0.39 is 0 Å². The number of benzene rings is 2. The van der Waals surface area contributed by atoms with Gasteiger partial charge in [0.1, 0.15) is 5.71 Å². The van der Waals surface area contributed by atoms with Gasteiger partial charge in [0, 0.05) is 23.1 Å². The summed E-state index contributed by atoms with van der Waals surface area (Å²) < 4.78 is 0. The monoisotopic (exact) mass is 322 g/mol. The van der Waals surface area contributed by atoms with Gasteiger partial charge >= 0.3 is 0 Å². The van der Waals surface area contributed by atoms with E-state index in [-0.39, 0.29) is 16.6 Å². The minimum atomic E-state index is -0.271. The Morgan fingerprint density at radius 1 is 1.19 bits per heavy atom. The third kappa shape index (κ3) is 3.54. The number of oxime groups is 1. The second kappa shape index (κ2) is 6.61. The number of hydrogen-bond donors (Lipinski definition) is 2. The summed E-state index contributed by atoms with van der Waals surface area (Å²) in [7, 11) is 0. The second-order valence-corrected chi connectivity index (χ2v) is 5.13. The number of carbonyl (C=O) groups is 1. The van der Waals surface area contributed by atoms with Crippen LogP contribution in [0.5, 0.6) is 0 Å². The Balaban J connectivity index is 2.57. The Kier molecular flexibility index (Phi) is 4.83. The Bertz CT molecular complexity index is 700. The van der Waals surface area contributed by atoms with E-state index in [1.54, 1.807) is 18.2 Å². The summed E-state index contributed by atoms with van der Waals surface area (Å²) in [5, 5.41) is 15.9. The Morgan fingerprint density at radius 3 is 2.43 bits per heavy atom. The van der Waals surface area contributed by atoms with Gasteiger partial charge in [-0.25, -0.2) is 0 Å². The molecule has 1 amide bonds. The number of carbonyl (C=O) groups excluding carboxylic acids is 1. The first-order valence-corrected chi connectivity index (χ1v) is 6.83. The molecular weight excluding hydrogens is 311 g/mol. The van der Waals surface area contributed by atoms with Crippen LogP contribution >= 0.6 is 23.2 Å². The molecule has 0 unspecified atom stereocenters. The fourth-order valence-electron chi connectivity index (χ4n) is 1.91. The molecule has 0 aliphatic rings. The largest absolute Gasteiger partial charge is 0.410 e. The van der Waals surface area contributed by atoms with Crippen LogP contribution in [-0.4, -0.2) is 16.8 Å². The minimum Gasteiger partial charge on any atom is -0.410 e. The maximum atomic E-state index is 11.2. The molecule has 0 heterocycles. The highest BCUT2D eigenvalue weighted by Crippen LogP contribution is 2.32. The van der Waals surface area contributed by atoms with Gasteiger partial charge in [-0.3, -0.25) is 4.79 Å². The number of hydrogen-bond acceptors (Lipinski definition) is 3. The van der Waals surface area contributed by atoms with Gasteiger partial charge in [0.05, 0.1) is 10.7 Å². The van der Waals surface area contributed by atoms with E-state index >= 15 is 0 Å². The van der Waals surface area contributed by atoms with Gasteiger partial charge in [-0.15, -0.1) is 0 Å². The summed E-state index contributed by atoms with van der Waals surface area (Å²) in [6.07, 6.45) is 0. The van der Waals surface area contributed by atoms with Crippen molar-refractivity contribution < 1.29 is 10.0 Å². The highest BCUT2D eigenvalue weighted by Gasteiger charge is 2.16. The number of nitrogens with zero attached hydrogens (tertiary/aromatic N) is 1. The van der Waals surface area contributed by atoms with Gasteiger partial charge < -0.3 is 10.5 Å². The molecule has 108 valence electrons. The minimum absolute atomic E-state index is 0.256. The van der Waals surface area contributed by atoms with Gasteiger partial charge in [0.15, 0.2) is 0 Å². The van der Waals surface area contributed by atoms with Crippen LogP contribution in [0.4, 0.5) is 5.69 Å². The molecule has 0 atom stereocenters. The van der Waals surface area contributed by atoms with Crippen molar-refractivity contribution in [1.29, 1.82) is 0 Å². The average Bonchev–Trinajstić information content (AvgIpc) is 2.45. The highest BCUT2D eigenvalue weighted by molar-refractivity contribution is 6.40. The molecule has 0 spiro atoms. The van der Waals surface area contributed by atoms with Gasteiger partial charge in [-0.2, -0.15) is 0 Å². The number of nitrogens with one attached hydrogen (secondary N) is 1. The van der Waals surface area contributed by atoms with Crippen LogP contribution in [0.2, 0.25) is 10.0 Å². The topological polar surface area (TPSA) is 61.7 Å². The molecule has 2 aromatic carbocycles. The molecule has 0 radical (unpaired) electrons. The van der Waals surface area contributed by atoms with E-state index in [2.05, 4.69) is 10.5 Å². The van der Waals surface area contributed by atoms with E-state index in [1.807, 2.05) is 18.2 Å². The summed E-state index contributed by atoms with van der Waals surface area (Å²) in [5.74, 6) is -0.271. The normalized spacial score (nSPS) is 11.3. The van der Waals surface area contributed by atoms with Crippen molar-refractivity contribution in [2.24, 2.45) is 5.16 Å². The lowest BCUT2D eigenvalue weighted by atomic mass is 10.0. The molecular formula is C15H12Cl2N2O2. The third-order valence-electron chi connectivity index (χ3n) is 2.75. The summed E-state index contributed by atoms with van der Waals surface area (Å²) in [4.78, 5) is 11.2. The molecule has 0 bridgehead atoms. The predicted molar refractivity (Wildman–Crippen MR) is 84.6 cm³/mol. The molecule has 21 heavy (non-hydrogen) atoms. The Labute approximate surface area is 132 Å². The highest BCUT2D eigenvalue weighted by atomic mass is 35.5. The molecule has 0 aliphatic heterocycles. The molecule has 2 aromatic rings. The van der Waals surface area contributed by atoms with Gasteiger partial charge in [-0.1, -0.05) is 58.7 Å². The lowest BCUT2D eigenvalue weighted by Crippen LogP contribution is -2.10. The summed E-state index contributed by atoms with van der Waals surface area (Å²) in [5.41, 5.74) is 1.75. The van der Waals surface area contributed by atoms with Crippen molar-refractivity contribution in [1.82, 2.24) is 0 Å². The number of anilines is 1. The number of halogens is 2. The van der Waals surface area contributed by atoms with E-state index in [0.717, 1.165) is 0 Å². The summed E-state index contributed by atoms with van der Waals surface area (Å²) >= 11 is 12.3. The van der Waals surface area contributed by atoms with Crippen LogP contribution < -0.4 is 5.32 Å². The van der Waals surface area contributed by atoms with E-state index in [0.29, 0.717) is 21.8 Å². The molecule has 0 aromatic heterocycles. The molecule has 0 aliphatic carbocycles. The Morgan fingerprint density at radius 2 is 1.86 bits per heavy atom. The lowest BCUT2D eigenvalue weighted by Gasteiger charge is -2.12. The Hall–Kier alpha value is -2.04. The maximum absolute atomic E-state index is 11.2. The predicted octanol–water partition coefficient (Wildman–Crippen LogP) is 4.18. The first-order chi connectivity index (χ1) is 10.0. The van der Waals surface area contributed by atoms with Crippen molar-refractivity contribution >= 4 is 40.5 Å². The second-order valence-electron chi connectivity index (χ2n) is 4.31. The molecule has 4 nitrogen and oxygen atoms in total. The fourth-order valence-corrected chi connectivity index (χ4v) is 2.37. The average molecular weight is 323 g/mol. The van der Waals surface area contributed by atoms with E-state index in [1.165, 1.54) is 13.0 Å². The van der Waals surface area contributed by atoms with Crippen LogP contribution in [-0.2, 0) is 4.79 Å². The smallest absolute Gasteiger partial charge is 0.221 e. The molecule has 0 saturated heterocycles. The van der Waals surface area contributed by atoms with Crippen LogP contribution in [0.3, 0.4) is 0 Å². The summed E-state index contributed by atoms with van der Waals surface area (Å²) in [6, 6.07) is 12.2. The van der Waals surface area contributed by atoms with Crippen molar-refractivity contribution in [2.45, 2.75) is 6.92 Å². The SMILES string of the molecule is CC(=O)Nc1cc(Cl)cc(C(=NO)c2ccccc2)c1Cl. The zero-order valence-electron chi connectivity index (χ0n) is 11.1. The fraction of sp³-hybridized carbons (Fsp3) is 0.0667. The van der Waals surface area contributed by atoms with Crippen LogP contribution in [0.25, 0.3) is 0 Å². The van der Waals surface area contributed by atoms with Gasteiger partial charge in [0.25, 0.3) is 0 Å². The van der Waals surface area contributed by atoms with Crippen LogP contribution in [0.15, 0.2) is 47.6 Å². The lowest BCUT2D eigenvalue weighted by molar-refractivity contribution is -0.114. The standard InChI is InChI=1S/C15H12Cl2N2O2/c1-9(20)18-13-8-11(16)7-12(14(13)17)15(19-21)10-5-3-2-4-6-10/h2-8,21H,1H3,(H,18,20). The zero-order chi connectivity index (χ0) is 15.4. The first-order valence-electron chi connectivity index (χ1n) is 6.07. The molecule has 0 saturated carbocycles.